The van der Waals surface area contributed by atoms with Gasteiger partial charge in [-0.25, -0.2) is 0 Å². The van der Waals surface area contributed by atoms with Crippen LogP contribution in [-0.2, 0) is 21.2 Å². The van der Waals surface area contributed by atoms with Crippen LogP contribution < -0.4 is 9.47 Å². The van der Waals surface area contributed by atoms with Crippen LogP contribution in [0.5, 0.6) is 11.5 Å². The predicted molar refractivity (Wildman–Crippen MR) is 141 cm³/mol. The zero-order chi connectivity index (χ0) is 25.4. The molecule has 1 saturated heterocycles. The van der Waals surface area contributed by atoms with E-state index in [2.05, 4.69) is 17.9 Å². The molecule has 0 unspecified atom stereocenters. The number of rotatable bonds is 11. The third-order valence-electron chi connectivity index (χ3n) is 5.27. The number of amidine groups is 1. The minimum atomic E-state index is -3.99. The number of nitrogens with zero attached hydrogens (tertiary/aromatic N) is 2. The van der Waals surface area contributed by atoms with Crippen molar-refractivity contribution in [2.45, 2.75) is 38.0 Å². The first kappa shape index (κ1) is 26.6. The first-order valence-electron chi connectivity index (χ1n) is 11.4. The van der Waals surface area contributed by atoms with Crippen molar-refractivity contribution in [2.24, 2.45) is 4.40 Å². The SMILES string of the molecule is C=CCN1C(=O)/C(=C/c2ccc(OCCCC)c(OC)c2)S/C1=N/S(=O)(=O)c1ccc(CC)cc1. The van der Waals surface area contributed by atoms with Gasteiger partial charge in [0.05, 0.1) is 23.5 Å². The van der Waals surface area contributed by atoms with Gasteiger partial charge in [0, 0.05) is 6.54 Å². The van der Waals surface area contributed by atoms with Crippen molar-refractivity contribution in [3.05, 3.63) is 71.2 Å². The average Bonchev–Trinajstić information content (AvgIpc) is 3.13. The topological polar surface area (TPSA) is 85.3 Å². The number of carbonyl (C=O) groups is 1. The third-order valence-corrected chi connectivity index (χ3v) is 7.67. The van der Waals surface area contributed by atoms with Gasteiger partial charge < -0.3 is 9.47 Å². The lowest BCUT2D eigenvalue weighted by Crippen LogP contribution is -2.29. The van der Waals surface area contributed by atoms with E-state index in [0.717, 1.165) is 42.2 Å². The summed E-state index contributed by atoms with van der Waals surface area (Å²) in [6.45, 7) is 8.50. The maximum Gasteiger partial charge on any atom is 0.284 e. The highest BCUT2D eigenvalue weighted by Crippen LogP contribution is 2.35. The molecule has 186 valence electrons. The standard InChI is InChI=1S/C26H30N2O5S2/c1-5-8-16-33-22-14-11-20(17-23(22)32-4)18-24-25(29)28(15-6-2)26(34-24)27-35(30,31)21-12-9-19(7-3)10-13-21/h6,9-14,17-18H,2,5,7-8,15-16H2,1,3-4H3/b24-18-,27-26+. The van der Waals surface area contributed by atoms with E-state index in [-0.39, 0.29) is 22.5 Å². The summed E-state index contributed by atoms with van der Waals surface area (Å²) in [6, 6.07) is 12.0. The number of aryl methyl sites for hydroxylation is 1. The maximum atomic E-state index is 13.1. The summed E-state index contributed by atoms with van der Waals surface area (Å²) < 4.78 is 41.1. The molecule has 1 heterocycles. The normalized spacial score (nSPS) is 16.2. The number of thioether (sulfide) groups is 1. The second-order valence-corrected chi connectivity index (χ2v) is 10.4. The van der Waals surface area contributed by atoms with Gasteiger partial charge in [0.2, 0.25) is 0 Å². The molecule has 1 fully saturated rings. The van der Waals surface area contributed by atoms with Crippen LogP contribution in [0.4, 0.5) is 0 Å². The van der Waals surface area contributed by atoms with Gasteiger partial charge in [0.25, 0.3) is 15.9 Å². The van der Waals surface area contributed by atoms with Crippen molar-refractivity contribution in [1.29, 1.82) is 0 Å². The van der Waals surface area contributed by atoms with E-state index < -0.39 is 10.0 Å². The predicted octanol–water partition coefficient (Wildman–Crippen LogP) is 5.28. The molecule has 1 amide bonds. The molecule has 0 spiro atoms. The summed E-state index contributed by atoms with van der Waals surface area (Å²) in [5.41, 5.74) is 1.75. The Balaban J connectivity index is 1.91. The number of unbranched alkanes of at least 4 members (excludes halogenated alkanes) is 1. The Bertz CT molecular complexity index is 1230. The Hall–Kier alpha value is -3.04. The minimum absolute atomic E-state index is 0.0784. The van der Waals surface area contributed by atoms with E-state index in [1.54, 1.807) is 37.5 Å². The van der Waals surface area contributed by atoms with Crippen LogP contribution in [0.25, 0.3) is 6.08 Å². The van der Waals surface area contributed by atoms with E-state index in [4.69, 9.17) is 9.47 Å². The molecule has 0 radical (unpaired) electrons. The zero-order valence-electron chi connectivity index (χ0n) is 20.2. The summed E-state index contributed by atoms with van der Waals surface area (Å²) in [7, 11) is -2.43. The summed E-state index contributed by atoms with van der Waals surface area (Å²) in [4.78, 5) is 14.8. The number of amides is 1. The molecule has 0 aliphatic carbocycles. The van der Waals surface area contributed by atoms with Crippen LogP contribution in [0.2, 0.25) is 0 Å². The van der Waals surface area contributed by atoms with Crippen LogP contribution in [-0.4, -0.2) is 44.7 Å². The van der Waals surface area contributed by atoms with Gasteiger partial charge >= 0.3 is 0 Å². The van der Waals surface area contributed by atoms with E-state index in [1.807, 2.05) is 13.0 Å². The lowest BCUT2D eigenvalue weighted by molar-refractivity contribution is -0.121. The lowest BCUT2D eigenvalue weighted by atomic mass is 10.2. The van der Waals surface area contributed by atoms with E-state index in [0.29, 0.717) is 23.0 Å². The summed E-state index contributed by atoms with van der Waals surface area (Å²) in [6.07, 6.45) is 5.98. The number of methoxy groups -OCH3 is 1. The summed E-state index contributed by atoms with van der Waals surface area (Å²) >= 11 is 1.01. The second-order valence-electron chi connectivity index (χ2n) is 7.77. The number of carbonyl (C=O) groups excluding carboxylic acids is 1. The lowest BCUT2D eigenvalue weighted by Gasteiger charge is -2.12. The number of ether oxygens (including phenoxy) is 2. The fourth-order valence-corrected chi connectivity index (χ4v) is 5.48. The zero-order valence-corrected chi connectivity index (χ0v) is 21.8. The third kappa shape index (κ3) is 6.55. The van der Waals surface area contributed by atoms with Crippen molar-refractivity contribution >= 4 is 38.9 Å². The molecule has 3 rings (SSSR count). The highest BCUT2D eigenvalue weighted by atomic mass is 32.2. The number of hydrogen-bond acceptors (Lipinski definition) is 6. The second kappa shape index (κ2) is 12.1. The quantitative estimate of drug-likeness (QED) is 0.230. The van der Waals surface area contributed by atoms with Gasteiger partial charge in [-0.1, -0.05) is 44.5 Å². The van der Waals surface area contributed by atoms with Crippen molar-refractivity contribution in [3.63, 3.8) is 0 Å². The Kier molecular flexibility index (Phi) is 9.17. The van der Waals surface area contributed by atoms with Crippen molar-refractivity contribution in [2.75, 3.05) is 20.3 Å². The minimum Gasteiger partial charge on any atom is -0.493 e. The largest absolute Gasteiger partial charge is 0.493 e. The molecular formula is C26H30N2O5S2. The van der Waals surface area contributed by atoms with Gasteiger partial charge in [0.1, 0.15) is 0 Å². The Morgan fingerprint density at radius 3 is 2.49 bits per heavy atom. The first-order chi connectivity index (χ1) is 16.8. The first-order valence-corrected chi connectivity index (χ1v) is 13.7. The van der Waals surface area contributed by atoms with E-state index in [1.165, 1.54) is 23.1 Å². The van der Waals surface area contributed by atoms with Gasteiger partial charge in [-0.05, 0) is 66.1 Å². The maximum absolute atomic E-state index is 13.1. The van der Waals surface area contributed by atoms with Gasteiger partial charge in [0.15, 0.2) is 16.7 Å². The van der Waals surface area contributed by atoms with Crippen molar-refractivity contribution in [3.8, 4) is 11.5 Å². The fraction of sp³-hybridized carbons (Fsp3) is 0.308. The molecule has 7 nitrogen and oxygen atoms in total. The highest BCUT2D eigenvalue weighted by Gasteiger charge is 2.34. The summed E-state index contributed by atoms with van der Waals surface area (Å²) in [5, 5.41) is 0.0900. The molecule has 2 aromatic rings. The molecule has 0 bridgehead atoms. The van der Waals surface area contributed by atoms with Crippen LogP contribution in [0.15, 0.2) is 69.3 Å². The molecule has 0 atom stereocenters. The van der Waals surface area contributed by atoms with E-state index in [9.17, 15) is 13.2 Å². The summed E-state index contributed by atoms with van der Waals surface area (Å²) in [5.74, 6) is 0.845. The van der Waals surface area contributed by atoms with Gasteiger partial charge in [-0.3, -0.25) is 9.69 Å². The van der Waals surface area contributed by atoms with Crippen LogP contribution in [0, 0.1) is 0 Å². The Labute approximate surface area is 211 Å². The molecule has 0 saturated carbocycles. The highest BCUT2D eigenvalue weighted by molar-refractivity contribution is 8.19. The number of sulfonamides is 1. The molecule has 35 heavy (non-hydrogen) atoms. The molecule has 0 N–H and O–H groups in total. The molecule has 9 heteroatoms. The fourth-order valence-electron chi connectivity index (χ4n) is 3.29. The number of hydrogen-bond donors (Lipinski definition) is 0. The monoisotopic (exact) mass is 514 g/mol. The van der Waals surface area contributed by atoms with Crippen LogP contribution >= 0.6 is 11.8 Å². The Morgan fingerprint density at radius 1 is 1.11 bits per heavy atom. The van der Waals surface area contributed by atoms with Crippen molar-refractivity contribution < 1.29 is 22.7 Å². The molecule has 2 aromatic carbocycles. The van der Waals surface area contributed by atoms with E-state index >= 15 is 0 Å². The molecule has 1 aliphatic rings. The van der Waals surface area contributed by atoms with Crippen LogP contribution in [0.1, 0.15) is 37.8 Å². The van der Waals surface area contributed by atoms with Crippen molar-refractivity contribution in [1.82, 2.24) is 4.90 Å². The molecule has 0 aromatic heterocycles. The Morgan fingerprint density at radius 2 is 1.86 bits per heavy atom. The average molecular weight is 515 g/mol. The molecule has 1 aliphatic heterocycles. The number of benzene rings is 2. The smallest absolute Gasteiger partial charge is 0.284 e. The van der Waals surface area contributed by atoms with Gasteiger partial charge in [-0.2, -0.15) is 8.42 Å². The van der Waals surface area contributed by atoms with Crippen LogP contribution in [0.3, 0.4) is 0 Å². The van der Waals surface area contributed by atoms with Gasteiger partial charge in [-0.15, -0.1) is 11.0 Å². The molecular weight excluding hydrogens is 484 g/mol.